The Morgan fingerprint density at radius 2 is 2.00 bits per heavy atom. The lowest BCUT2D eigenvalue weighted by atomic mass is 10.0. The molecule has 2 heterocycles. The molecule has 20 heavy (non-hydrogen) atoms. The van der Waals surface area contributed by atoms with Crippen molar-refractivity contribution in [3.63, 3.8) is 0 Å². The Hall–Kier alpha value is -1.94. The molecule has 1 N–H and O–H groups in total. The quantitative estimate of drug-likeness (QED) is 0.673. The highest BCUT2D eigenvalue weighted by atomic mass is 16.4. The number of likely N-dealkylation sites (tertiary alicyclic amines) is 1. The SMILES string of the molecule is Cc1cc(CN2CCC(=NO)CC2)c2ccccc2n1. The minimum atomic E-state index is 0.860. The van der Waals surface area contributed by atoms with Crippen LogP contribution in [0.15, 0.2) is 35.5 Å². The van der Waals surface area contributed by atoms with Crippen LogP contribution in [0.4, 0.5) is 0 Å². The van der Waals surface area contributed by atoms with Gasteiger partial charge in [0.2, 0.25) is 0 Å². The van der Waals surface area contributed by atoms with Crippen LogP contribution < -0.4 is 0 Å². The first-order valence-corrected chi connectivity index (χ1v) is 7.03. The fraction of sp³-hybridized carbons (Fsp3) is 0.375. The van der Waals surface area contributed by atoms with Crippen molar-refractivity contribution in [1.29, 1.82) is 0 Å². The number of piperidine rings is 1. The normalized spacial score (nSPS) is 16.6. The van der Waals surface area contributed by atoms with E-state index >= 15 is 0 Å². The summed E-state index contributed by atoms with van der Waals surface area (Å²) >= 11 is 0. The fourth-order valence-corrected chi connectivity index (χ4v) is 2.84. The lowest BCUT2D eigenvalue weighted by Crippen LogP contribution is -2.33. The number of fused-ring (bicyclic) bond motifs is 1. The first kappa shape index (κ1) is 13.1. The summed E-state index contributed by atoms with van der Waals surface area (Å²) in [5.41, 5.74) is 4.37. The van der Waals surface area contributed by atoms with E-state index in [2.05, 4.69) is 39.3 Å². The monoisotopic (exact) mass is 269 g/mol. The molecule has 0 saturated carbocycles. The zero-order valence-electron chi connectivity index (χ0n) is 11.7. The molecule has 1 aromatic carbocycles. The van der Waals surface area contributed by atoms with E-state index in [-0.39, 0.29) is 0 Å². The predicted octanol–water partition coefficient (Wildman–Crippen LogP) is 2.97. The van der Waals surface area contributed by atoms with Crippen LogP contribution >= 0.6 is 0 Å². The Balaban J connectivity index is 1.84. The number of aromatic nitrogens is 1. The molecule has 0 radical (unpaired) electrons. The van der Waals surface area contributed by atoms with Crippen LogP contribution in [0, 0.1) is 6.92 Å². The number of benzene rings is 1. The summed E-state index contributed by atoms with van der Waals surface area (Å²) in [5, 5.41) is 13.4. The summed E-state index contributed by atoms with van der Waals surface area (Å²) in [6, 6.07) is 10.5. The van der Waals surface area contributed by atoms with E-state index < -0.39 is 0 Å². The highest BCUT2D eigenvalue weighted by molar-refractivity contribution is 5.85. The van der Waals surface area contributed by atoms with Gasteiger partial charge in [0.15, 0.2) is 0 Å². The van der Waals surface area contributed by atoms with Gasteiger partial charge >= 0.3 is 0 Å². The van der Waals surface area contributed by atoms with Gasteiger partial charge in [-0.1, -0.05) is 23.4 Å². The third-order valence-electron chi connectivity index (χ3n) is 3.90. The van der Waals surface area contributed by atoms with Crippen LogP contribution in [0.25, 0.3) is 10.9 Å². The molecule has 0 amide bonds. The molecule has 2 aromatic rings. The molecule has 1 aliphatic rings. The zero-order chi connectivity index (χ0) is 13.9. The Bertz CT molecular complexity index is 641. The van der Waals surface area contributed by atoms with E-state index in [9.17, 15) is 0 Å². The van der Waals surface area contributed by atoms with Crippen molar-refractivity contribution in [3.8, 4) is 0 Å². The van der Waals surface area contributed by atoms with E-state index in [0.717, 1.165) is 49.4 Å². The van der Waals surface area contributed by atoms with Crippen molar-refractivity contribution >= 4 is 16.6 Å². The van der Waals surface area contributed by atoms with Gasteiger partial charge in [0.25, 0.3) is 0 Å². The number of para-hydroxylation sites is 1. The highest BCUT2D eigenvalue weighted by Crippen LogP contribution is 2.21. The van der Waals surface area contributed by atoms with Gasteiger partial charge in [0.1, 0.15) is 0 Å². The van der Waals surface area contributed by atoms with Gasteiger partial charge in [-0.15, -0.1) is 0 Å². The smallest absolute Gasteiger partial charge is 0.0708 e. The molecule has 1 saturated heterocycles. The molecular weight excluding hydrogens is 250 g/mol. The lowest BCUT2D eigenvalue weighted by molar-refractivity contribution is 0.257. The topological polar surface area (TPSA) is 48.7 Å². The second kappa shape index (κ2) is 5.59. The average Bonchev–Trinajstić information content (AvgIpc) is 2.48. The predicted molar refractivity (Wildman–Crippen MR) is 80.2 cm³/mol. The number of hydrogen-bond acceptors (Lipinski definition) is 4. The van der Waals surface area contributed by atoms with Gasteiger partial charge in [0.05, 0.1) is 11.2 Å². The molecule has 4 heteroatoms. The van der Waals surface area contributed by atoms with E-state index in [0.29, 0.717) is 0 Å². The summed E-state index contributed by atoms with van der Waals surface area (Å²) < 4.78 is 0. The second-order valence-corrected chi connectivity index (χ2v) is 5.38. The summed E-state index contributed by atoms with van der Waals surface area (Å²) in [7, 11) is 0. The van der Waals surface area contributed by atoms with Crippen molar-refractivity contribution in [3.05, 3.63) is 41.6 Å². The van der Waals surface area contributed by atoms with Crippen molar-refractivity contribution in [2.75, 3.05) is 13.1 Å². The molecule has 0 unspecified atom stereocenters. The third kappa shape index (κ3) is 2.65. The summed E-state index contributed by atoms with van der Waals surface area (Å²) in [6.07, 6.45) is 1.72. The van der Waals surface area contributed by atoms with Gasteiger partial charge < -0.3 is 5.21 Å². The van der Waals surface area contributed by atoms with Crippen molar-refractivity contribution < 1.29 is 5.21 Å². The molecule has 1 aromatic heterocycles. The summed E-state index contributed by atoms with van der Waals surface area (Å²) in [6.45, 7) is 4.88. The molecule has 0 bridgehead atoms. The number of aryl methyl sites for hydroxylation is 1. The van der Waals surface area contributed by atoms with E-state index in [4.69, 9.17) is 5.21 Å². The maximum atomic E-state index is 8.81. The number of pyridine rings is 1. The minimum absolute atomic E-state index is 0.860. The van der Waals surface area contributed by atoms with Crippen LogP contribution in [-0.4, -0.2) is 33.9 Å². The Morgan fingerprint density at radius 1 is 1.25 bits per heavy atom. The van der Waals surface area contributed by atoms with Crippen LogP contribution in [-0.2, 0) is 6.54 Å². The van der Waals surface area contributed by atoms with E-state index in [1.54, 1.807) is 0 Å². The Morgan fingerprint density at radius 3 is 2.75 bits per heavy atom. The van der Waals surface area contributed by atoms with Gasteiger partial charge in [-0.3, -0.25) is 9.88 Å². The standard InChI is InChI=1S/C16H19N3O/c1-12-10-13(15-4-2-3-5-16(15)17-12)11-19-8-6-14(18-20)7-9-19/h2-5,10,20H,6-9,11H2,1H3. The molecular formula is C16H19N3O. The van der Waals surface area contributed by atoms with Crippen LogP contribution in [0.2, 0.25) is 0 Å². The van der Waals surface area contributed by atoms with E-state index in [1.165, 1.54) is 10.9 Å². The van der Waals surface area contributed by atoms with Crippen molar-refractivity contribution in [2.24, 2.45) is 5.16 Å². The molecule has 4 nitrogen and oxygen atoms in total. The van der Waals surface area contributed by atoms with Gasteiger partial charge in [-0.2, -0.15) is 0 Å². The lowest BCUT2D eigenvalue weighted by Gasteiger charge is -2.27. The largest absolute Gasteiger partial charge is 0.411 e. The third-order valence-corrected chi connectivity index (χ3v) is 3.90. The number of nitrogens with zero attached hydrogens (tertiary/aromatic N) is 3. The molecule has 0 atom stereocenters. The molecule has 0 aliphatic carbocycles. The molecule has 3 rings (SSSR count). The number of hydrogen-bond donors (Lipinski definition) is 1. The molecule has 1 aliphatic heterocycles. The average molecular weight is 269 g/mol. The highest BCUT2D eigenvalue weighted by Gasteiger charge is 2.16. The van der Waals surface area contributed by atoms with Crippen molar-refractivity contribution in [1.82, 2.24) is 9.88 Å². The first-order chi connectivity index (χ1) is 9.76. The zero-order valence-corrected chi connectivity index (χ0v) is 11.7. The summed E-state index contributed by atoms with van der Waals surface area (Å²) in [4.78, 5) is 7.00. The molecule has 104 valence electrons. The van der Waals surface area contributed by atoms with Gasteiger partial charge in [0, 0.05) is 43.6 Å². The fourth-order valence-electron chi connectivity index (χ4n) is 2.84. The number of rotatable bonds is 2. The maximum Gasteiger partial charge on any atom is 0.0708 e. The van der Waals surface area contributed by atoms with Crippen LogP contribution in [0.5, 0.6) is 0 Å². The minimum Gasteiger partial charge on any atom is -0.411 e. The first-order valence-electron chi connectivity index (χ1n) is 7.03. The summed E-state index contributed by atoms with van der Waals surface area (Å²) in [5.74, 6) is 0. The second-order valence-electron chi connectivity index (χ2n) is 5.38. The van der Waals surface area contributed by atoms with Gasteiger partial charge in [-0.25, -0.2) is 0 Å². The Labute approximate surface area is 118 Å². The maximum absolute atomic E-state index is 8.81. The van der Waals surface area contributed by atoms with Crippen molar-refractivity contribution in [2.45, 2.75) is 26.3 Å². The van der Waals surface area contributed by atoms with Gasteiger partial charge in [-0.05, 0) is 24.6 Å². The van der Waals surface area contributed by atoms with Crippen LogP contribution in [0.3, 0.4) is 0 Å². The molecule has 0 spiro atoms. The van der Waals surface area contributed by atoms with Crippen LogP contribution in [0.1, 0.15) is 24.1 Å². The Kier molecular flexibility index (Phi) is 3.65. The number of oxime groups is 1. The molecule has 1 fully saturated rings. The van der Waals surface area contributed by atoms with E-state index in [1.807, 2.05) is 13.0 Å².